The summed E-state index contributed by atoms with van der Waals surface area (Å²) < 4.78 is 10.7. The summed E-state index contributed by atoms with van der Waals surface area (Å²) in [6.07, 6.45) is 3.01. The van der Waals surface area contributed by atoms with E-state index in [9.17, 15) is 5.11 Å². The number of nitrogens with zero attached hydrogens (tertiary/aromatic N) is 1. The van der Waals surface area contributed by atoms with Gasteiger partial charge in [0.05, 0.1) is 25.4 Å². The van der Waals surface area contributed by atoms with Crippen LogP contribution in [0.5, 0.6) is 0 Å². The molecule has 3 unspecified atom stereocenters. The van der Waals surface area contributed by atoms with E-state index >= 15 is 0 Å². The van der Waals surface area contributed by atoms with Gasteiger partial charge in [0.1, 0.15) is 0 Å². The van der Waals surface area contributed by atoms with Crippen molar-refractivity contribution in [2.24, 2.45) is 5.92 Å². The van der Waals surface area contributed by atoms with Crippen molar-refractivity contribution in [1.29, 1.82) is 0 Å². The molecule has 2 aliphatic heterocycles. The van der Waals surface area contributed by atoms with Crippen molar-refractivity contribution in [3.63, 3.8) is 0 Å². The summed E-state index contributed by atoms with van der Waals surface area (Å²) in [5.41, 5.74) is 0. The van der Waals surface area contributed by atoms with Crippen molar-refractivity contribution in [1.82, 2.24) is 4.90 Å². The third-order valence-electron chi connectivity index (χ3n) is 3.71. The van der Waals surface area contributed by atoms with Crippen molar-refractivity contribution in [2.75, 3.05) is 40.0 Å². The highest BCUT2D eigenvalue weighted by atomic mass is 16.5. The van der Waals surface area contributed by atoms with E-state index in [1.807, 2.05) is 0 Å². The molecular formula is C12H23NO3. The molecule has 0 aromatic heterocycles. The number of hydrogen-bond donors (Lipinski definition) is 1. The van der Waals surface area contributed by atoms with Gasteiger partial charge in [0.15, 0.2) is 0 Å². The van der Waals surface area contributed by atoms with Crippen LogP contribution >= 0.6 is 0 Å². The van der Waals surface area contributed by atoms with Crippen LogP contribution in [0.1, 0.15) is 19.3 Å². The number of hydrogen-bond acceptors (Lipinski definition) is 4. The Kier molecular flexibility index (Phi) is 4.58. The molecule has 3 atom stereocenters. The molecule has 1 N–H and O–H groups in total. The Bertz CT molecular complexity index is 210. The van der Waals surface area contributed by atoms with Crippen LogP contribution in [0.25, 0.3) is 0 Å². The molecule has 2 rings (SSSR count). The predicted molar refractivity (Wildman–Crippen MR) is 61.4 cm³/mol. The molecule has 4 nitrogen and oxygen atoms in total. The Hall–Kier alpha value is -0.160. The van der Waals surface area contributed by atoms with Crippen LogP contribution in [0.15, 0.2) is 0 Å². The van der Waals surface area contributed by atoms with Crippen molar-refractivity contribution in [3.8, 4) is 0 Å². The lowest BCUT2D eigenvalue weighted by atomic mass is 9.95. The molecule has 0 aliphatic carbocycles. The number of piperidine rings is 1. The van der Waals surface area contributed by atoms with Gasteiger partial charge in [-0.1, -0.05) is 0 Å². The number of rotatable bonds is 3. The van der Waals surface area contributed by atoms with Gasteiger partial charge in [-0.25, -0.2) is 0 Å². The zero-order valence-electron chi connectivity index (χ0n) is 10.1. The van der Waals surface area contributed by atoms with Gasteiger partial charge >= 0.3 is 0 Å². The van der Waals surface area contributed by atoms with E-state index in [1.54, 1.807) is 7.11 Å². The van der Waals surface area contributed by atoms with Crippen LogP contribution in [0.2, 0.25) is 0 Å². The highest BCUT2D eigenvalue weighted by Gasteiger charge is 2.32. The Morgan fingerprint density at radius 3 is 3.06 bits per heavy atom. The first-order valence-electron chi connectivity index (χ1n) is 6.30. The third kappa shape index (κ3) is 2.94. The summed E-state index contributed by atoms with van der Waals surface area (Å²) in [5, 5.41) is 9.98. The third-order valence-corrected chi connectivity index (χ3v) is 3.71. The van der Waals surface area contributed by atoms with Crippen LogP contribution in [0, 0.1) is 5.92 Å². The van der Waals surface area contributed by atoms with Crippen molar-refractivity contribution in [2.45, 2.75) is 31.4 Å². The van der Waals surface area contributed by atoms with Gasteiger partial charge in [-0.3, -0.25) is 4.90 Å². The molecule has 0 radical (unpaired) electrons. The van der Waals surface area contributed by atoms with Gasteiger partial charge < -0.3 is 14.6 Å². The maximum Gasteiger partial charge on any atom is 0.0739 e. The van der Waals surface area contributed by atoms with Gasteiger partial charge in [-0.05, 0) is 31.7 Å². The summed E-state index contributed by atoms with van der Waals surface area (Å²) in [4.78, 5) is 2.39. The summed E-state index contributed by atoms with van der Waals surface area (Å²) >= 11 is 0. The normalized spacial score (nSPS) is 37.5. The second-order valence-electron chi connectivity index (χ2n) is 4.96. The van der Waals surface area contributed by atoms with Crippen molar-refractivity contribution in [3.05, 3.63) is 0 Å². The van der Waals surface area contributed by atoms with Crippen LogP contribution < -0.4 is 0 Å². The summed E-state index contributed by atoms with van der Waals surface area (Å²) in [6, 6.07) is 0.202. The smallest absolute Gasteiger partial charge is 0.0739 e. The predicted octanol–water partition coefficient (Wildman–Crippen LogP) is 0.495. The Balaban J connectivity index is 1.87. The molecule has 16 heavy (non-hydrogen) atoms. The molecule has 2 heterocycles. The van der Waals surface area contributed by atoms with E-state index in [4.69, 9.17) is 9.47 Å². The minimum atomic E-state index is -0.213. The number of likely N-dealkylation sites (tertiary alicyclic amines) is 1. The second kappa shape index (κ2) is 5.96. The van der Waals surface area contributed by atoms with E-state index in [0.29, 0.717) is 19.1 Å². The fourth-order valence-electron chi connectivity index (χ4n) is 2.83. The fourth-order valence-corrected chi connectivity index (χ4v) is 2.83. The Morgan fingerprint density at radius 2 is 2.31 bits per heavy atom. The van der Waals surface area contributed by atoms with E-state index in [-0.39, 0.29) is 12.1 Å². The first kappa shape index (κ1) is 12.3. The lowest BCUT2D eigenvalue weighted by molar-refractivity contribution is -0.0743. The van der Waals surface area contributed by atoms with Gasteiger partial charge in [0.2, 0.25) is 0 Å². The molecule has 2 aliphatic rings. The summed E-state index contributed by atoms with van der Waals surface area (Å²) in [6.45, 7) is 4.35. The van der Waals surface area contributed by atoms with E-state index in [2.05, 4.69) is 4.90 Å². The standard InChI is InChI=1S/C12H23NO3/c1-15-8-10-3-2-5-13(7-10)11-9-16-6-4-12(11)14/h10-12,14H,2-9H2,1H3. The quantitative estimate of drug-likeness (QED) is 0.765. The van der Waals surface area contributed by atoms with Gasteiger partial charge in [0.25, 0.3) is 0 Å². The minimum absolute atomic E-state index is 0.202. The molecular weight excluding hydrogens is 206 g/mol. The monoisotopic (exact) mass is 229 g/mol. The fraction of sp³-hybridized carbons (Fsp3) is 1.00. The number of aliphatic hydroxyl groups is 1. The van der Waals surface area contributed by atoms with E-state index in [1.165, 1.54) is 12.8 Å². The Labute approximate surface area is 97.5 Å². The van der Waals surface area contributed by atoms with Crippen LogP contribution in [-0.4, -0.2) is 62.2 Å². The minimum Gasteiger partial charge on any atom is -0.391 e. The summed E-state index contributed by atoms with van der Waals surface area (Å²) in [7, 11) is 1.76. The first-order chi connectivity index (χ1) is 7.81. The van der Waals surface area contributed by atoms with Crippen LogP contribution in [0.4, 0.5) is 0 Å². The molecule has 0 aromatic rings. The van der Waals surface area contributed by atoms with Crippen molar-refractivity contribution < 1.29 is 14.6 Å². The van der Waals surface area contributed by atoms with Gasteiger partial charge in [0, 0.05) is 20.3 Å². The van der Waals surface area contributed by atoms with Crippen LogP contribution in [-0.2, 0) is 9.47 Å². The molecule has 0 amide bonds. The van der Waals surface area contributed by atoms with Crippen LogP contribution in [0.3, 0.4) is 0 Å². The second-order valence-corrected chi connectivity index (χ2v) is 4.96. The topological polar surface area (TPSA) is 41.9 Å². The zero-order valence-corrected chi connectivity index (χ0v) is 10.1. The lowest BCUT2D eigenvalue weighted by Crippen LogP contribution is -2.53. The molecule has 0 spiro atoms. The molecule has 2 fully saturated rings. The van der Waals surface area contributed by atoms with Gasteiger partial charge in [-0.2, -0.15) is 0 Å². The number of methoxy groups -OCH3 is 1. The van der Waals surface area contributed by atoms with E-state index in [0.717, 1.165) is 26.1 Å². The lowest BCUT2D eigenvalue weighted by Gasteiger charge is -2.41. The molecule has 4 heteroatoms. The molecule has 2 saturated heterocycles. The van der Waals surface area contributed by atoms with Gasteiger partial charge in [-0.15, -0.1) is 0 Å². The molecule has 0 aromatic carbocycles. The SMILES string of the molecule is COCC1CCCN(C2COCCC2O)C1. The number of aliphatic hydroxyl groups excluding tert-OH is 1. The Morgan fingerprint density at radius 1 is 1.44 bits per heavy atom. The zero-order chi connectivity index (χ0) is 11.4. The maximum atomic E-state index is 9.98. The average Bonchev–Trinajstić information content (AvgIpc) is 2.30. The molecule has 0 saturated carbocycles. The summed E-state index contributed by atoms with van der Waals surface area (Å²) in [5.74, 6) is 0.618. The van der Waals surface area contributed by atoms with Crippen molar-refractivity contribution >= 4 is 0 Å². The van der Waals surface area contributed by atoms with E-state index < -0.39 is 0 Å². The molecule has 0 bridgehead atoms. The molecule has 94 valence electrons. The first-order valence-corrected chi connectivity index (χ1v) is 6.30. The highest BCUT2D eigenvalue weighted by molar-refractivity contribution is 4.85. The number of ether oxygens (including phenoxy) is 2. The highest BCUT2D eigenvalue weighted by Crippen LogP contribution is 2.22. The average molecular weight is 229 g/mol. The maximum absolute atomic E-state index is 9.98. The largest absolute Gasteiger partial charge is 0.391 e.